The van der Waals surface area contributed by atoms with Gasteiger partial charge in [-0.3, -0.25) is 0 Å². The first-order valence-corrected chi connectivity index (χ1v) is 19.7. The summed E-state index contributed by atoms with van der Waals surface area (Å²) in [7, 11) is 0. The Labute approximate surface area is 334 Å². The summed E-state index contributed by atoms with van der Waals surface area (Å²) in [4.78, 5) is 4.98. The molecule has 2 nitrogen and oxygen atoms in total. The van der Waals surface area contributed by atoms with Crippen molar-refractivity contribution in [3.05, 3.63) is 224 Å². The van der Waals surface area contributed by atoms with Gasteiger partial charge in [0, 0.05) is 34.1 Å². The first-order chi connectivity index (χ1) is 28.3. The maximum Gasteiger partial charge on any atom is 0.252 e. The van der Waals surface area contributed by atoms with Crippen LogP contribution in [-0.2, 0) is 0 Å². The predicted octanol–water partition coefficient (Wildman–Crippen LogP) is 12.4. The van der Waals surface area contributed by atoms with Crippen molar-refractivity contribution >= 4 is 57.2 Å². The van der Waals surface area contributed by atoms with Gasteiger partial charge in [-0.1, -0.05) is 176 Å². The second kappa shape index (κ2) is 13.7. The van der Waals surface area contributed by atoms with Crippen LogP contribution in [0, 0.1) is 0 Å². The highest BCUT2D eigenvalue weighted by atomic mass is 15.2. The lowest BCUT2D eigenvalue weighted by molar-refractivity contribution is 1.25. The number of rotatable bonds is 6. The first kappa shape index (κ1) is 33.0. The lowest BCUT2D eigenvalue weighted by atomic mass is 9.33. The van der Waals surface area contributed by atoms with Crippen LogP contribution in [0.4, 0.5) is 34.1 Å². The summed E-state index contributed by atoms with van der Waals surface area (Å²) in [6.45, 7) is -0.0167. The molecule has 0 aliphatic carbocycles. The van der Waals surface area contributed by atoms with E-state index >= 15 is 0 Å². The van der Waals surface area contributed by atoms with Crippen molar-refractivity contribution in [3.8, 4) is 44.5 Å². The number of nitrogens with zero attached hydrogens (tertiary/aromatic N) is 2. The van der Waals surface area contributed by atoms with Gasteiger partial charge in [-0.15, -0.1) is 0 Å². The highest BCUT2D eigenvalue weighted by Gasteiger charge is 2.43. The summed E-state index contributed by atoms with van der Waals surface area (Å²) >= 11 is 0. The van der Waals surface area contributed by atoms with E-state index in [1.807, 2.05) is 0 Å². The van der Waals surface area contributed by atoms with Gasteiger partial charge in [0.2, 0.25) is 0 Å². The predicted molar refractivity (Wildman–Crippen MR) is 242 cm³/mol. The molecule has 9 aromatic carbocycles. The Morgan fingerprint density at radius 1 is 0.263 bits per heavy atom. The molecule has 0 aromatic heterocycles. The summed E-state index contributed by atoms with van der Waals surface area (Å²) in [5.41, 5.74) is 20.7. The minimum absolute atomic E-state index is 0.0167. The van der Waals surface area contributed by atoms with Crippen LogP contribution in [-0.4, -0.2) is 6.71 Å². The zero-order valence-corrected chi connectivity index (χ0v) is 31.3. The highest BCUT2D eigenvalue weighted by molar-refractivity contribution is 7.00. The molecular weight excluding hydrogens is 687 g/mol. The summed E-state index contributed by atoms with van der Waals surface area (Å²) < 4.78 is 0. The number of fused-ring (bicyclic) bond motifs is 4. The van der Waals surface area contributed by atoms with E-state index in [4.69, 9.17) is 0 Å². The van der Waals surface area contributed by atoms with Crippen molar-refractivity contribution in [1.82, 2.24) is 0 Å². The van der Waals surface area contributed by atoms with Gasteiger partial charge in [-0.2, -0.15) is 0 Å². The largest absolute Gasteiger partial charge is 0.311 e. The van der Waals surface area contributed by atoms with E-state index in [1.165, 1.54) is 83.6 Å². The molecule has 11 rings (SSSR count). The Balaban J connectivity index is 1.21. The number of hydrogen-bond donors (Lipinski definition) is 0. The Morgan fingerprint density at radius 2 is 0.684 bits per heavy atom. The number of benzene rings is 9. The van der Waals surface area contributed by atoms with Crippen LogP contribution in [0.1, 0.15) is 0 Å². The zero-order chi connectivity index (χ0) is 37.7. The molecule has 2 aliphatic rings. The van der Waals surface area contributed by atoms with Gasteiger partial charge in [0.25, 0.3) is 6.71 Å². The van der Waals surface area contributed by atoms with E-state index in [9.17, 15) is 0 Å². The topological polar surface area (TPSA) is 6.48 Å². The normalized spacial score (nSPS) is 12.5. The van der Waals surface area contributed by atoms with Crippen molar-refractivity contribution in [2.75, 3.05) is 9.80 Å². The van der Waals surface area contributed by atoms with Crippen LogP contribution in [0.2, 0.25) is 0 Å². The molecule has 2 aliphatic heterocycles. The second-order valence-corrected chi connectivity index (χ2v) is 14.9. The summed E-state index contributed by atoms with van der Waals surface area (Å²) in [5, 5.41) is 0. The molecular formula is C54H37BN2. The maximum absolute atomic E-state index is 2.50. The molecule has 0 saturated carbocycles. The third-order valence-electron chi connectivity index (χ3n) is 11.7. The quantitative estimate of drug-likeness (QED) is 0.158. The molecule has 3 heteroatoms. The fourth-order valence-corrected chi connectivity index (χ4v) is 9.07. The Morgan fingerprint density at radius 3 is 1.26 bits per heavy atom. The van der Waals surface area contributed by atoms with Gasteiger partial charge >= 0.3 is 0 Å². The van der Waals surface area contributed by atoms with Crippen LogP contribution < -0.4 is 26.2 Å². The fraction of sp³-hybridized carbons (Fsp3) is 0. The zero-order valence-electron chi connectivity index (χ0n) is 31.3. The molecule has 9 aromatic rings. The molecule has 0 bridgehead atoms. The van der Waals surface area contributed by atoms with Crippen molar-refractivity contribution in [2.24, 2.45) is 0 Å². The summed E-state index contributed by atoms with van der Waals surface area (Å²) in [6, 6.07) is 82.0. The number of anilines is 6. The molecule has 0 N–H and O–H groups in total. The van der Waals surface area contributed by atoms with Crippen molar-refractivity contribution in [1.29, 1.82) is 0 Å². The van der Waals surface area contributed by atoms with Crippen LogP contribution in [0.3, 0.4) is 0 Å². The van der Waals surface area contributed by atoms with Crippen LogP contribution >= 0.6 is 0 Å². The summed E-state index contributed by atoms with van der Waals surface area (Å²) in [5.74, 6) is 0. The lowest BCUT2D eigenvalue weighted by Crippen LogP contribution is -2.61. The molecule has 0 saturated heterocycles. The average molecular weight is 725 g/mol. The molecule has 2 heterocycles. The average Bonchev–Trinajstić information content (AvgIpc) is 3.30. The highest BCUT2D eigenvalue weighted by Crippen LogP contribution is 2.46. The first-order valence-electron chi connectivity index (χ1n) is 19.7. The van der Waals surface area contributed by atoms with Gasteiger partial charge < -0.3 is 9.80 Å². The van der Waals surface area contributed by atoms with E-state index in [2.05, 4.69) is 234 Å². The van der Waals surface area contributed by atoms with E-state index in [0.29, 0.717) is 0 Å². The number of hydrogen-bond acceptors (Lipinski definition) is 2. The minimum atomic E-state index is -0.0167. The smallest absolute Gasteiger partial charge is 0.252 e. The SMILES string of the molecule is c1ccc(-c2ccc(N3c4ccc(-c5ccccc5)cc4B4c5cc(-c6ccccc6)c(-c6ccccc6)cc5N(c5ccccc5)c5cccc3c54)cc2)cc1. The summed E-state index contributed by atoms with van der Waals surface area (Å²) in [6.07, 6.45) is 0. The monoisotopic (exact) mass is 724 g/mol. The van der Waals surface area contributed by atoms with Gasteiger partial charge in [0.15, 0.2) is 0 Å². The molecule has 0 fully saturated rings. The van der Waals surface area contributed by atoms with Gasteiger partial charge in [-0.05, 0) is 109 Å². The van der Waals surface area contributed by atoms with Crippen molar-refractivity contribution < 1.29 is 0 Å². The van der Waals surface area contributed by atoms with Gasteiger partial charge in [0.1, 0.15) is 0 Å². The molecule has 0 radical (unpaired) electrons. The molecule has 57 heavy (non-hydrogen) atoms. The fourth-order valence-electron chi connectivity index (χ4n) is 9.07. The molecule has 0 amide bonds. The Bertz CT molecular complexity index is 2880. The van der Waals surface area contributed by atoms with E-state index < -0.39 is 0 Å². The standard InChI is InChI=1S/C54H37BN2/c1-6-17-38(18-7-1)40-29-32-45(33-30-40)56-50-34-31-43(39-19-8-2-9-20-39)35-48(50)55-49-36-46(41-21-10-3-11-22-41)47(42-23-12-4-13-24-42)37-53(49)57(44-25-14-5-15-26-44)52-28-16-27-51(56)54(52)55/h1-37H. The number of para-hydroxylation sites is 1. The van der Waals surface area contributed by atoms with E-state index in [1.54, 1.807) is 0 Å². The van der Waals surface area contributed by atoms with Gasteiger partial charge in [-0.25, -0.2) is 0 Å². The van der Waals surface area contributed by atoms with Crippen LogP contribution in [0.5, 0.6) is 0 Å². The molecule has 0 unspecified atom stereocenters. The third-order valence-corrected chi connectivity index (χ3v) is 11.7. The van der Waals surface area contributed by atoms with E-state index in [-0.39, 0.29) is 6.71 Å². The maximum atomic E-state index is 2.50. The molecule has 0 spiro atoms. The Hall–Kier alpha value is -7.36. The Kier molecular flexibility index (Phi) is 7.96. The second-order valence-electron chi connectivity index (χ2n) is 14.9. The third kappa shape index (κ3) is 5.59. The minimum Gasteiger partial charge on any atom is -0.311 e. The van der Waals surface area contributed by atoms with Crippen molar-refractivity contribution in [2.45, 2.75) is 0 Å². The van der Waals surface area contributed by atoms with E-state index in [0.717, 1.165) is 11.4 Å². The molecule has 0 atom stereocenters. The van der Waals surface area contributed by atoms with Gasteiger partial charge in [0.05, 0.1) is 0 Å². The van der Waals surface area contributed by atoms with Crippen LogP contribution in [0.15, 0.2) is 224 Å². The van der Waals surface area contributed by atoms with Crippen LogP contribution in [0.25, 0.3) is 44.5 Å². The van der Waals surface area contributed by atoms with Crippen molar-refractivity contribution in [3.63, 3.8) is 0 Å². The molecule has 266 valence electrons. The lowest BCUT2D eigenvalue weighted by Gasteiger charge is -2.44.